The van der Waals surface area contributed by atoms with Crippen molar-refractivity contribution >= 4 is 16.9 Å². The van der Waals surface area contributed by atoms with Gasteiger partial charge >= 0.3 is 6.18 Å². The number of H-pyrrole nitrogens is 1. The second-order valence-corrected chi connectivity index (χ2v) is 2.56. The zero-order chi connectivity index (χ0) is 10.3. The fourth-order valence-electron chi connectivity index (χ4n) is 0.984. The summed E-state index contributed by atoms with van der Waals surface area (Å²) in [4.78, 5) is 6.36. The topological polar surface area (TPSA) is 80.5 Å². The second-order valence-electron chi connectivity index (χ2n) is 2.56. The molecule has 0 aliphatic heterocycles. The minimum atomic E-state index is -4.60. The van der Waals surface area contributed by atoms with Crippen molar-refractivity contribution in [2.24, 2.45) is 0 Å². The van der Waals surface area contributed by atoms with Crippen LogP contribution in [-0.4, -0.2) is 20.2 Å². The van der Waals surface area contributed by atoms with Crippen LogP contribution < -0.4 is 5.73 Å². The Morgan fingerprint density at radius 3 is 2.64 bits per heavy atom. The van der Waals surface area contributed by atoms with Gasteiger partial charge in [-0.3, -0.25) is 5.10 Å². The Hall–Kier alpha value is -1.86. The number of aromatic nitrogens is 4. The van der Waals surface area contributed by atoms with Crippen LogP contribution in [0.25, 0.3) is 11.0 Å². The quantitative estimate of drug-likeness (QED) is 0.668. The molecule has 0 saturated heterocycles. The Kier molecular flexibility index (Phi) is 1.60. The van der Waals surface area contributed by atoms with Gasteiger partial charge in [-0.05, 0) is 0 Å². The van der Waals surface area contributed by atoms with Crippen LogP contribution in [0, 0.1) is 0 Å². The lowest BCUT2D eigenvalue weighted by molar-refractivity contribution is -0.144. The van der Waals surface area contributed by atoms with E-state index in [1.807, 2.05) is 0 Å². The van der Waals surface area contributed by atoms with Crippen LogP contribution >= 0.6 is 0 Å². The zero-order valence-corrected chi connectivity index (χ0v) is 6.63. The van der Waals surface area contributed by atoms with E-state index in [2.05, 4.69) is 20.2 Å². The molecule has 5 nitrogen and oxygen atoms in total. The summed E-state index contributed by atoms with van der Waals surface area (Å²) in [5.41, 5.74) is 5.26. The molecule has 0 radical (unpaired) electrons. The molecule has 74 valence electrons. The molecule has 0 unspecified atom stereocenters. The van der Waals surface area contributed by atoms with Crippen molar-refractivity contribution in [1.29, 1.82) is 0 Å². The number of nitrogen functional groups attached to an aromatic ring is 1. The van der Waals surface area contributed by atoms with Crippen LogP contribution in [-0.2, 0) is 6.18 Å². The molecule has 2 heterocycles. The number of fused-ring (bicyclic) bond motifs is 1. The monoisotopic (exact) mass is 203 g/mol. The lowest BCUT2D eigenvalue weighted by atomic mass is 10.4. The summed E-state index contributed by atoms with van der Waals surface area (Å²) in [5, 5.41) is 6.08. The molecule has 0 atom stereocenters. The van der Waals surface area contributed by atoms with Crippen molar-refractivity contribution in [2.45, 2.75) is 6.18 Å². The van der Waals surface area contributed by atoms with Crippen LogP contribution in [0.15, 0.2) is 6.20 Å². The summed E-state index contributed by atoms with van der Waals surface area (Å²) in [7, 11) is 0. The smallest absolute Gasteiger partial charge is 0.383 e. The predicted molar refractivity (Wildman–Crippen MR) is 41.1 cm³/mol. The second kappa shape index (κ2) is 2.56. The summed E-state index contributed by atoms with van der Waals surface area (Å²) in [6, 6.07) is 0. The fourth-order valence-corrected chi connectivity index (χ4v) is 0.984. The van der Waals surface area contributed by atoms with Gasteiger partial charge in [0.25, 0.3) is 0 Å². The molecule has 0 spiro atoms. The molecule has 14 heavy (non-hydrogen) atoms. The van der Waals surface area contributed by atoms with Crippen molar-refractivity contribution < 1.29 is 13.2 Å². The van der Waals surface area contributed by atoms with Gasteiger partial charge in [-0.1, -0.05) is 0 Å². The summed E-state index contributed by atoms with van der Waals surface area (Å²) in [6.07, 6.45) is -3.34. The van der Waals surface area contributed by atoms with Crippen LogP contribution in [0.3, 0.4) is 0 Å². The number of nitrogens with one attached hydrogen (secondary N) is 1. The number of alkyl halides is 3. The number of aromatic amines is 1. The summed E-state index contributed by atoms with van der Waals surface area (Å²) >= 11 is 0. The first-order chi connectivity index (χ1) is 6.48. The zero-order valence-electron chi connectivity index (χ0n) is 6.63. The lowest BCUT2D eigenvalue weighted by Crippen LogP contribution is -2.12. The van der Waals surface area contributed by atoms with E-state index < -0.39 is 12.0 Å². The van der Waals surface area contributed by atoms with Gasteiger partial charge in [-0.25, -0.2) is 9.97 Å². The maximum atomic E-state index is 12.2. The minimum Gasteiger partial charge on any atom is -0.383 e. The van der Waals surface area contributed by atoms with Gasteiger partial charge in [-0.2, -0.15) is 18.3 Å². The molecule has 8 heteroatoms. The average Bonchev–Trinajstić information content (AvgIpc) is 2.50. The Morgan fingerprint density at radius 2 is 2.00 bits per heavy atom. The molecular weight excluding hydrogens is 199 g/mol. The van der Waals surface area contributed by atoms with Gasteiger partial charge in [0.1, 0.15) is 5.82 Å². The molecule has 2 aromatic heterocycles. The van der Waals surface area contributed by atoms with Crippen LogP contribution in [0.1, 0.15) is 5.82 Å². The number of hydrogen-bond donors (Lipinski definition) is 2. The third-order valence-corrected chi connectivity index (χ3v) is 1.59. The molecule has 0 aliphatic rings. The SMILES string of the molecule is Nc1nc(C(F)(F)F)nc2[nH]ncc12. The van der Waals surface area contributed by atoms with E-state index in [1.165, 1.54) is 6.20 Å². The minimum absolute atomic E-state index is 0.0233. The van der Waals surface area contributed by atoms with Crippen molar-refractivity contribution in [1.82, 2.24) is 20.2 Å². The number of halogens is 3. The first-order valence-electron chi connectivity index (χ1n) is 3.52. The third kappa shape index (κ3) is 1.24. The molecular formula is C6H4F3N5. The van der Waals surface area contributed by atoms with Gasteiger partial charge < -0.3 is 5.73 Å². The predicted octanol–water partition coefficient (Wildman–Crippen LogP) is 0.954. The Bertz CT molecular complexity index is 474. The number of rotatable bonds is 0. The Labute approximate surface area is 75.2 Å². The molecule has 0 saturated carbocycles. The molecule has 0 aromatic carbocycles. The highest BCUT2D eigenvalue weighted by Crippen LogP contribution is 2.28. The van der Waals surface area contributed by atoms with E-state index in [0.717, 1.165) is 0 Å². The van der Waals surface area contributed by atoms with Crippen molar-refractivity contribution in [3.05, 3.63) is 12.0 Å². The number of hydrogen-bond acceptors (Lipinski definition) is 4. The lowest BCUT2D eigenvalue weighted by Gasteiger charge is -2.04. The van der Waals surface area contributed by atoms with Crippen LogP contribution in [0.5, 0.6) is 0 Å². The molecule has 2 rings (SSSR count). The maximum Gasteiger partial charge on any atom is 0.451 e. The standard InChI is InChI=1S/C6H4F3N5/c7-6(8,9)5-12-3(10)2-1-11-14-4(2)13-5/h1H,(H3,10,11,12,13,14). The van der Waals surface area contributed by atoms with E-state index in [-0.39, 0.29) is 16.9 Å². The molecule has 0 bridgehead atoms. The molecule has 3 N–H and O–H groups in total. The van der Waals surface area contributed by atoms with Crippen molar-refractivity contribution in [3.63, 3.8) is 0 Å². The van der Waals surface area contributed by atoms with Gasteiger partial charge in [-0.15, -0.1) is 0 Å². The van der Waals surface area contributed by atoms with Gasteiger partial charge in [0.2, 0.25) is 5.82 Å². The van der Waals surface area contributed by atoms with Gasteiger partial charge in [0, 0.05) is 0 Å². The van der Waals surface area contributed by atoms with E-state index in [1.54, 1.807) is 0 Å². The van der Waals surface area contributed by atoms with E-state index in [9.17, 15) is 13.2 Å². The molecule has 0 amide bonds. The fraction of sp³-hybridized carbons (Fsp3) is 0.167. The molecule has 0 fully saturated rings. The number of nitrogens with two attached hydrogens (primary N) is 1. The van der Waals surface area contributed by atoms with Gasteiger partial charge in [0.05, 0.1) is 11.6 Å². The molecule has 2 aromatic rings. The van der Waals surface area contributed by atoms with E-state index >= 15 is 0 Å². The summed E-state index contributed by atoms with van der Waals surface area (Å²) in [5.74, 6) is -1.51. The maximum absolute atomic E-state index is 12.2. The van der Waals surface area contributed by atoms with Crippen molar-refractivity contribution in [3.8, 4) is 0 Å². The van der Waals surface area contributed by atoms with Crippen LogP contribution in [0.4, 0.5) is 19.0 Å². The average molecular weight is 203 g/mol. The largest absolute Gasteiger partial charge is 0.451 e. The summed E-state index contributed by atoms with van der Waals surface area (Å²) in [6.45, 7) is 0. The highest BCUT2D eigenvalue weighted by Gasteiger charge is 2.35. The van der Waals surface area contributed by atoms with Crippen molar-refractivity contribution in [2.75, 3.05) is 5.73 Å². The van der Waals surface area contributed by atoms with Gasteiger partial charge in [0.15, 0.2) is 5.65 Å². The normalized spacial score (nSPS) is 12.2. The Balaban J connectivity index is 2.70. The van der Waals surface area contributed by atoms with Crippen LogP contribution in [0.2, 0.25) is 0 Å². The molecule has 0 aliphatic carbocycles. The van der Waals surface area contributed by atoms with E-state index in [4.69, 9.17) is 5.73 Å². The third-order valence-electron chi connectivity index (χ3n) is 1.59. The first-order valence-corrected chi connectivity index (χ1v) is 3.52. The highest BCUT2D eigenvalue weighted by atomic mass is 19.4. The first kappa shape index (κ1) is 8.73. The number of nitrogens with zero attached hydrogens (tertiary/aromatic N) is 3. The van der Waals surface area contributed by atoms with E-state index in [0.29, 0.717) is 0 Å². The number of anilines is 1. The summed E-state index contributed by atoms with van der Waals surface area (Å²) < 4.78 is 36.6. The highest BCUT2D eigenvalue weighted by molar-refractivity contribution is 5.84. The Morgan fingerprint density at radius 1 is 1.29 bits per heavy atom.